The molecule has 108 valence electrons. The van der Waals surface area contributed by atoms with E-state index in [9.17, 15) is 14.4 Å². The van der Waals surface area contributed by atoms with Gasteiger partial charge in [0.05, 0.1) is 6.42 Å². The van der Waals surface area contributed by atoms with Crippen LogP contribution in [-0.4, -0.2) is 35.0 Å². The van der Waals surface area contributed by atoms with E-state index >= 15 is 0 Å². The number of hydrogen-bond acceptors (Lipinski definition) is 3. The van der Waals surface area contributed by atoms with Crippen molar-refractivity contribution in [1.82, 2.24) is 10.2 Å². The van der Waals surface area contributed by atoms with E-state index in [1.54, 1.807) is 7.05 Å². The van der Waals surface area contributed by atoms with Crippen molar-refractivity contribution in [1.29, 1.82) is 0 Å². The molecule has 0 spiro atoms. The Balaban J connectivity index is 2.49. The topological polar surface area (TPSA) is 86.7 Å². The van der Waals surface area contributed by atoms with Gasteiger partial charge in [0.25, 0.3) is 0 Å². The Hall–Kier alpha value is -1.89. The molecule has 0 saturated heterocycles. The zero-order valence-electron chi connectivity index (χ0n) is 10.9. The molecular formula is C13H15BrN2O4. The van der Waals surface area contributed by atoms with Gasteiger partial charge >= 0.3 is 12.0 Å². The van der Waals surface area contributed by atoms with Crippen molar-refractivity contribution in [3.8, 4) is 0 Å². The zero-order chi connectivity index (χ0) is 15.1. The highest BCUT2D eigenvalue weighted by molar-refractivity contribution is 9.10. The molecule has 0 aliphatic carbocycles. The van der Waals surface area contributed by atoms with E-state index in [4.69, 9.17) is 5.11 Å². The molecule has 0 atom stereocenters. The van der Waals surface area contributed by atoms with E-state index in [1.807, 2.05) is 24.3 Å². The predicted octanol–water partition coefficient (Wildman–Crippen LogP) is 1.98. The molecule has 3 amide bonds. The molecule has 0 unspecified atom stereocenters. The van der Waals surface area contributed by atoms with Crippen LogP contribution in [0.1, 0.15) is 18.4 Å². The summed E-state index contributed by atoms with van der Waals surface area (Å²) in [5, 5.41) is 10.6. The lowest BCUT2D eigenvalue weighted by molar-refractivity contribution is -0.138. The quantitative estimate of drug-likeness (QED) is 0.856. The lowest BCUT2D eigenvalue weighted by Gasteiger charge is -2.18. The third-order valence-corrected chi connectivity index (χ3v) is 3.30. The van der Waals surface area contributed by atoms with E-state index in [2.05, 4.69) is 21.2 Å². The number of carboxylic acids is 1. The van der Waals surface area contributed by atoms with Crippen molar-refractivity contribution >= 4 is 33.8 Å². The first-order valence-electron chi connectivity index (χ1n) is 5.90. The number of nitrogens with one attached hydrogen (secondary N) is 1. The number of amides is 3. The summed E-state index contributed by atoms with van der Waals surface area (Å²) in [4.78, 5) is 34.8. The Bertz CT molecular complexity index is 519. The first kappa shape index (κ1) is 16.2. The van der Waals surface area contributed by atoms with Gasteiger partial charge in [0.1, 0.15) is 0 Å². The molecule has 0 heterocycles. The minimum atomic E-state index is -1.07. The van der Waals surface area contributed by atoms with Crippen LogP contribution in [0.15, 0.2) is 28.7 Å². The molecule has 1 aromatic carbocycles. The van der Waals surface area contributed by atoms with Gasteiger partial charge in [-0.25, -0.2) is 4.79 Å². The fourth-order valence-corrected chi connectivity index (χ4v) is 1.86. The van der Waals surface area contributed by atoms with Crippen LogP contribution in [-0.2, 0) is 16.1 Å². The summed E-state index contributed by atoms with van der Waals surface area (Å²) in [6.45, 7) is 0.333. The van der Waals surface area contributed by atoms with Gasteiger partial charge in [-0.3, -0.25) is 14.9 Å². The summed E-state index contributed by atoms with van der Waals surface area (Å²) in [5.41, 5.74) is 0.906. The maximum Gasteiger partial charge on any atom is 0.324 e. The van der Waals surface area contributed by atoms with Gasteiger partial charge in [-0.1, -0.05) is 34.1 Å². The molecule has 7 heteroatoms. The molecule has 0 radical (unpaired) electrons. The average Bonchev–Trinajstić information content (AvgIpc) is 2.39. The molecule has 20 heavy (non-hydrogen) atoms. The summed E-state index contributed by atoms with van der Waals surface area (Å²) in [6.07, 6.45) is -0.517. The maximum absolute atomic E-state index is 11.7. The van der Waals surface area contributed by atoms with Crippen molar-refractivity contribution in [2.45, 2.75) is 19.4 Å². The van der Waals surface area contributed by atoms with Gasteiger partial charge in [-0.15, -0.1) is 0 Å². The summed E-state index contributed by atoms with van der Waals surface area (Å²) in [6, 6.07) is 6.88. The van der Waals surface area contributed by atoms with Crippen LogP contribution in [0, 0.1) is 0 Å². The standard InChI is InChI=1S/C13H15BrN2O4/c1-16(8-9-4-2-3-5-10(9)14)13(20)15-11(17)6-7-12(18)19/h2-5H,6-8H2,1H3,(H,18,19)(H,15,17,20). The number of rotatable bonds is 5. The van der Waals surface area contributed by atoms with Crippen LogP contribution < -0.4 is 5.32 Å². The van der Waals surface area contributed by atoms with Crippen molar-refractivity contribution < 1.29 is 19.5 Å². The second kappa shape index (κ2) is 7.64. The molecule has 0 aromatic heterocycles. The smallest absolute Gasteiger partial charge is 0.324 e. The maximum atomic E-state index is 11.7. The first-order chi connectivity index (χ1) is 9.40. The minimum Gasteiger partial charge on any atom is -0.481 e. The van der Waals surface area contributed by atoms with Crippen LogP contribution >= 0.6 is 15.9 Å². The van der Waals surface area contributed by atoms with E-state index in [-0.39, 0.29) is 12.8 Å². The molecular weight excluding hydrogens is 328 g/mol. The van der Waals surface area contributed by atoms with Crippen LogP contribution in [0.25, 0.3) is 0 Å². The minimum absolute atomic E-state index is 0.218. The number of benzene rings is 1. The Morgan fingerprint density at radius 2 is 1.90 bits per heavy atom. The summed E-state index contributed by atoms with van der Waals surface area (Å²) in [7, 11) is 1.55. The lowest BCUT2D eigenvalue weighted by Crippen LogP contribution is -2.40. The number of carboxylic acid groups (broad SMARTS) is 1. The van der Waals surface area contributed by atoms with Gasteiger partial charge in [0.2, 0.25) is 5.91 Å². The summed E-state index contributed by atoms with van der Waals surface area (Å²) in [5.74, 6) is -1.68. The number of urea groups is 1. The Kier molecular flexibility index (Phi) is 6.17. The monoisotopic (exact) mass is 342 g/mol. The largest absolute Gasteiger partial charge is 0.481 e. The van der Waals surface area contributed by atoms with Crippen LogP contribution in [0.5, 0.6) is 0 Å². The molecule has 0 saturated carbocycles. The van der Waals surface area contributed by atoms with E-state index < -0.39 is 17.9 Å². The number of hydrogen-bond donors (Lipinski definition) is 2. The average molecular weight is 343 g/mol. The van der Waals surface area contributed by atoms with Gasteiger partial charge in [-0.05, 0) is 11.6 Å². The number of carbonyl (C=O) groups excluding carboxylic acids is 2. The predicted molar refractivity (Wildman–Crippen MR) is 76.0 cm³/mol. The fourth-order valence-electron chi connectivity index (χ4n) is 1.45. The number of halogens is 1. The molecule has 6 nitrogen and oxygen atoms in total. The van der Waals surface area contributed by atoms with Crippen molar-refractivity contribution in [2.24, 2.45) is 0 Å². The van der Waals surface area contributed by atoms with Crippen molar-refractivity contribution in [3.63, 3.8) is 0 Å². The third kappa shape index (κ3) is 5.40. The SMILES string of the molecule is CN(Cc1ccccc1Br)C(=O)NC(=O)CCC(=O)O. The Labute approximate surface area is 124 Å². The van der Waals surface area contributed by atoms with E-state index in [0.29, 0.717) is 6.54 Å². The van der Waals surface area contributed by atoms with Crippen LogP contribution in [0.2, 0.25) is 0 Å². The zero-order valence-corrected chi connectivity index (χ0v) is 12.5. The number of imide groups is 1. The molecule has 0 fully saturated rings. The summed E-state index contributed by atoms with van der Waals surface area (Å²) < 4.78 is 0.872. The van der Waals surface area contributed by atoms with Crippen LogP contribution in [0.4, 0.5) is 4.79 Å². The molecule has 0 aliphatic heterocycles. The van der Waals surface area contributed by atoms with Gasteiger partial charge < -0.3 is 10.0 Å². The third-order valence-electron chi connectivity index (χ3n) is 2.52. The highest BCUT2D eigenvalue weighted by Gasteiger charge is 2.14. The highest BCUT2D eigenvalue weighted by Crippen LogP contribution is 2.17. The fraction of sp³-hybridized carbons (Fsp3) is 0.308. The molecule has 2 N–H and O–H groups in total. The highest BCUT2D eigenvalue weighted by atomic mass is 79.9. The lowest BCUT2D eigenvalue weighted by atomic mass is 10.2. The Morgan fingerprint density at radius 1 is 1.25 bits per heavy atom. The normalized spacial score (nSPS) is 9.90. The van der Waals surface area contributed by atoms with E-state index in [0.717, 1.165) is 10.0 Å². The van der Waals surface area contributed by atoms with Crippen molar-refractivity contribution in [2.75, 3.05) is 7.05 Å². The molecule has 1 rings (SSSR count). The number of aliphatic carboxylic acids is 1. The second-order valence-corrected chi connectivity index (χ2v) is 5.05. The van der Waals surface area contributed by atoms with Gasteiger partial charge in [0.15, 0.2) is 0 Å². The Morgan fingerprint density at radius 3 is 2.50 bits per heavy atom. The van der Waals surface area contributed by atoms with E-state index in [1.165, 1.54) is 4.90 Å². The van der Waals surface area contributed by atoms with Gasteiger partial charge in [-0.2, -0.15) is 0 Å². The van der Waals surface area contributed by atoms with Gasteiger partial charge in [0, 0.05) is 24.5 Å². The second-order valence-electron chi connectivity index (χ2n) is 4.19. The molecule has 0 bridgehead atoms. The number of carbonyl (C=O) groups is 3. The van der Waals surface area contributed by atoms with Crippen molar-refractivity contribution in [3.05, 3.63) is 34.3 Å². The summed E-state index contributed by atoms with van der Waals surface area (Å²) >= 11 is 3.37. The molecule has 1 aromatic rings. The van der Waals surface area contributed by atoms with Crippen LogP contribution in [0.3, 0.4) is 0 Å². The molecule has 0 aliphatic rings. The number of nitrogens with zero attached hydrogens (tertiary/aromatic N) is 1. The first-order valence-corrected chi connectivity index (χ1v) is 6.69.